The van der Waals surface area contributed by atoms with Gasteiger partial charge in [0.2, 0.25) is 0 Å². The fraction of sp³-hybridized carbons (Fsp3) is 0.0769. The molecule has 2 aromatic carbocycles. The van der Waals surface area contributed by atoms with Crippen molar-refractivity contribution in [2.75, 3.05) is 10.5 Å². The van der Waals surface area contributed by atoms with E-state index < -0.39 is 25.5 Å². The maximum absolute atomic E-state index is 12.3. The van der Waals surface area contributed by atoms with Gasteiger partial charge in [-0.05, 0) is 36.8 Å². The van der Waals surface area contributed by atoms with Crippen molar-refractivity contribution in [3.05, 3.63) is 58.1 Å². The molecule has 0 spiro atoms. The van der Waals surface area contributed by atoms with Gasteiger partial charge in [-0.15, -0.1) is 0 Å². The molecule has 2 rings (SSSR count). The van der Waals surface area contributed by atoms with Gasteiger partial charge >= 0.3 is 0 Å². The van der Waals surface area contributed by atoms with Crippen molar-refractivity contribution in [3.63, 3.8) is 0 Å². The van der Waals surface area contributed by atoms with Gasteiger partial charge in [0.15, 0.2) is 4.90 Å². The normalized spacial score (nSPS) is 11.1. The van der Waals surface area contributed by atoms with E-state index in [0.717, 1.165) is 17.7 Å². The van der Waals surface area contributed by atoms with Gasteiger partial charge in [0.1, 0.15) is 0 Å². The summed E-state index contributed by atoms with van der Waals surface area (Å²) in [6.45, 7) is 1.81. The molecule has 0 aromatic heterocycles. The smallest absolute Gasteiger partial charge is 0.290 e. The lowest BCUT2D eigenvalue weighted by atomic mass is 10.2. The third-order valence-electron chi connectivity index (χ3n) is 2.74. The van der Waals surface area contributed by atoms with Crippen LogP contribution >= 0.6 is 0 Å². The van der Waals surface area contributed by atoms with Crippen LogP contribution in [-0.4, -0.2) is 13.3 Å². The second kappa shape index (κ2) is 5.41. The van der Waals surface area contributed by atoms with Crippen LogP contribution in [0.3, 0.4) is 0 Å². The fourth-order valence-electron chi connectivity index (χ4n) is 1.82. The van der Waals surface area contributed by atoms with Crippen molar-refractivity contribution in [2.45, 2.75) is 11.8 Å². The van der Waals surface area contributed by atoms with Crippen molar-refractivity contribution in [2.24, 2.45) is 0 Å². The number of benzene rings is 2. The topological polar surface area (TPSA) is 115 Å². The van der Waals surface area contributed by atoms with Crippen molar-refractivity contribution in [3.8, 4) is 0 Å². The van der Waals surface area contributed by atoms with Crippen LogP contribution in [0, 0.1) is 17.0 Å². The summed E-state index contributed by atoms with van der Waals surface area (Å²) in [5, 5.41) is 11.0. The molecule has 0 saturated carbocycles. The average molecular weight is 307 g/mol. The minimum Gasteiger partial charge on any atom is -0.399 e. The predicted octanol–water partition coefficient (Wildman–Crippen LogP) is 2.29. The Balaban J connectivity index is 2.49. The van der Waals surface area contributed by atoms with Gasteiger partial charge in [0, 0.05) is 17.4 Å². The summed E-state index contributed by atoms with van der Waals surface area (Å²) in [4.78, 5) is 9.74. The molecule has 0 bridgehead atoms. The summed E-state index contributed by atoms with van der Waals surface area (Å²) in [5.74, 6) is 0. The lowest BCUT2D eigenvalue weighted by Crippen LogP contribution is -2.15. The Kier molecular flexibility index (Phi) is 3.81. The van der Waals surface area contributed by atoms with Crippen LogP contribution in [0.4, 0.5) is 17.1 Å². The highest BCUT2D eigenvalue weighted by molar-refractivity contribution is 7.92. The number of nitrogens with two attached hydrogens (primary N) is 1. The number of sulfonamides is 1. The molecule has 110 valence electrons. The predicted molar refractivity (Wildman–Crippen MR) is 79.5 cm³/mol. The number of anilines is 2. The van der Waals surface area contributed by atoms with Gasteiger partial charge in [0.05, 0.1) is 4.92 Å². The largest absolute Gasteiger partial charge is 0.399 e. The molecule has 2 aromatic rings. The van der Waals surface area contributed by atoms with Crippen molar-refractivity contribution >= 4 is 27.1 Å². The number of hydrogen-bond donors (Lipinski definition) is 2. The van der Waals surface area contributed by atoms with E-state index in [4.69, 9.17) is 5.73 Å². The van der Waals surface area contributed by atoms with E-state index in [1.165, 1.54) is 6.07 Å². The molecule has 0 aliphatic heterocycles. The average Bonchev–Trinajstić information content (AvgIpc) is 2.37. The maximum atomic E-state index is 12.3. The Hall–Kier alpha value is -2.61. The molecule has 0 radical (unpaired) electrons. The van der Waals surface area contributed by atoms with Crippen LogP contribution in [0.5, 0.6) is 0 Å². The van der Waals surface area contributed by atoms with Crippen LogP contribution in [0.15, 0.2) is 47.4 Å². The lowest BCUT2D eigenvalue weighted by molar-refractivity contribution is -0.387. The number of rotatable bonds is 4. The number of nitrogens with zero attached hydrogens (tertiary/aromatic N) is 1. The van der Waals surface area contributed by atoms with Crippen LogP contribution < -0.4 is 10.5 Å². The Morgan fingerprint density at radius 2 is 1.90 bits per heavy atom. The first-order valence-corrected chi connectivity index (χ1v) is 7.41. The van der Waals surface area contributed by atoms with Gasteiger partial charge in [-0.25, -0.2) is 8.42 Å². The second-order valence-electron chi connectivity index (χ2n) is 4.46. The van der Waals surface area contributed by atoms with E-state index in [9.17, 15) is 18.5 Å². The number of nitro groups is 1. The third-order valence-corrected chi connectivity index (χ3v) is 4.15. The fourth-order valence-corrected chi connectivity index (χ4v) is 3.07. The third kappa shape index (κ3) is 3.29. The molecule has 0 aliphatic rings. The molecule has 7 nitrogen and oxygen atoms in total. The van der Waals surface area contributed by atoms with Gasteiger partial charge in [-0.3, -0.25) is 14.8 Å². The van der Waals surface area contributed by atoms with Gasteiger partial charge in [-0.2, -0.15) is 0 Å². The Labute approximate surface area is 121 Å². The van der Waals surface area contributed by atoms with Crippen molar-refractivity contribution < 1.29 is 13.3 Å². The van der Waals surface area contributed by atoms with E-state index in [1.54, 1.807) is 31.2 Å². The van der Waals surface area contributed by atoms with E-state index in [-0.39, 0.29) is 5.69 Å². The highest BCUT2D eigenvalue weighted by Crippen LogP contribution is 2.27. The van der Waals surface area contributed by atoms with Gasteiger partial charge < -0.3 is 5.73 Å². The maximum Gasteiger partial charge on any atom is 0.290 e. The number of nitrogens with one attached hydrogen (secondary N) is 1. The molecule has 0 aliphatic carbocycles. The van der Waals surface area contributed by atoms with Crippen molar-refractivity contribution in [1.29, 1.82) is 0 Å². The zero-order chi connectivity index (χ0) is 15.6. The molecule has 0 saturated heterocycles. The molecule has 0 heterocycles. The zero-order valence-corrected chi connectivity index (χ0v) is 11.9. The summed E-state index contributed by atoms with van der Waals surface area (Å²) in [7, 11) is -4.10. The quantitative estimate of drug-likeness (QED) is 0.511. The van der Waals surface area contributed by atoms with E-state index in [2.05, 4.69) is 4.72 Å². The molecule has 0 amide bonds. The molecule has 8 heteroatoms. The van der Waals surface area contributed by atoms with E-state index in [1.807, 2.05) is 0 Å². The highest BCUT2D eigenvalue weighted by Gasteiger charge is 2.26. The first-order chi connectivity index (χ1) is 9.79. The van der Waals surface area contributed by atoms with Crippen molar-refractivity contribution in [1.82, 2.24) is 0 Å². The highest BCUT2D eigenvalue weighted by atomic mass is 32.2. The van der Waals surface area contributed by atoms with Crippen LogP contribution in [0.2, 0.25) is 0 Å². The Morgan fingerprint density at radius 1 is 1.19 bits per heavy atom. The first kappa shape index (κ1) is 14.8. The molecule has 3 N–H and O–H groups in total. The number of nitrogen functional groups attached to an aromatic ring is 1. The monoisotopic (exact) mass is 307 g/mol. The van der Waals surface area contributed by atoms with Crippen LogP contribution in [0.1, 0.15) is 5.56 Å². The number of nitro benzene ring substituents is 1. The minimum absolute atomic E-state index is 0.130. The number of hydrogen-bond acceptors (Lipinski definition) is 5. The molecule has 0 atom stereocenters. The Bertz CT molecular complexity index is 803. The first-order valence-electron chi connectivity index (χ1n) is 5.93. The van der Waals surface area contributed by atoms with E-state index in [0.29, 0.717) is 5.69 Å². The lowest BCUT2D eigenvalue weighted by Gasteiger charge is -2.09. The molecule has 0 unspecified atom stereocenters. The molecule has 21 heavy (non-hydrogen) atoms. The summed E-state index contributed by atoms with van der Waals surface area (Å²) in [6.07, 6.45) is 0. The minimum atomic E-state index is -4.10. The molecule has 0 fully saturated rings. The summed E-state index contributed by atoms with van der Waals surface area (Å²) in [5.41, 5.74) is 6.32. The van der Waals surface area contributed by atoms with Crippen LogP contribution in [0.25, 0.3) is 0 Å². The summed E-state index contributed by atoms with van der Waals surface area (Å²) >= 11 is 0. The zero-order valence-electron chi connectivity index (χ0n) is 11.1. The second-order valence-corrected chi connectivity index (χ2v) is 6.11. The standard InChI is InChI=1S/C13H13N3O4S/c1-9-3-2-4-11(7-9)15-21(19,20)13-8-10(14)5-6-12(13)16(17)18/h2-8,15H,14H2,1H3. The molecular weight excluding hydrogens is 294 g/mol. The van der Waals surface area contributed by atoms with Gasteiger partial charge in [-0.1, -0.05) is 12.1 Å². The SMILES string of the molecule is Cc1cccc(NS(=O)(=O)c2cc(N)ccc2[N+](=O)[O-])c1. The van der Waals surface area contributed by atoms with Gasteiger partial charge in [0.25, 0.3) is 15.7 Å². The Morgan fingerprint density at radius 3 is 2.52 bits per heavy atom. The van der Waals surface area contributed by atoms with E-state index >= 15 is 0 Å². The summed E-state index contributed by atoms with van der Waals surface area (Å²) < 4.78 is 26.9. The molecular formula is C13H13N3O4S. The number of aryl methyl sites for hydroxylation is 1. The van der Waals surface area contributed by atoms with Crippen LogP contribution in [-0.2, 0) is 10.0 Å². The summed E-state index contributed by atoms with van der Waals surface area (Å²) in [6, 6.07) is 10.1.